The molecule has 0 fully saturated rings. The summed E-state index contributed by atoms with van der Waals surface area (Å²) in [5.41, 5.74) is 5.61. The number of nitrogens with two attached hydrogens (primary N) is 1. The summed E-state index contributed by atoms with van der Waals surface area (Å²) in [4.78, 5) is 11.7. The quantitative estimate of drug-likeness (QED) is 0.685. The molecule has 0 heterocycles. The van der Waals surface area contributed by atoms with E-state index in [4.69, 9.17) is 5.73 Å². The summed E-state index contributed by atoms with van der Waals surface area (Å²) >= 11 is 0. The van der Waals surface area contributed by atoms with Crippen LogP contribution in [0.3, 0.4) is 0 Å². The molecule has 0 atom stereocenters. The number of amides is 1. The molecule has 0 saturated carbocycles. The van der Waals surface area contributed by atoms with Gasteiger partial charge in [0.1, 0.15) is 4.90 Å². The van der Waals surface area contributed by atoms with Gasteiger partial charge < -0.3 is 11.1 Å². The van der Waals surface area contributed by atoms with Gasteiger partial charge in [0.05, 0.1) is 5.69 Å². The van der Waals surface area contributed by atoms with Crippen LogP contribution in [0.2, 0.25) is 0 Å². The number of carbonyl (C=O) groups is 1. The van der Waals surface area contributed by atoms with Crippen LogP contribution in [-0.2, 0) is 14.8 Å². The Morgan fingerprint density at radius 3 is 2.63 bits per heavy atom. The predicted octanol–water partition coefficient (Wildman–Crippen LogP) is 0.662. The first-order chi connectivity index (χ1) is 9.01. The van der Waals surface area contributed by atoms with Crippen LogP contribution >= 0.6 is 0 Å². The van der Waals surface area contributed by atoms with E-state index >= 15 is 0 Å². The number of carbonyl (C=O) groups excluding carboxylic acids is 1. The smallest absolute Gasteiger partial charge is 0.242 e. The van der Waals surface area contributed by atoms with Crippen molar-refractivity contribution in [1.82, 2.24) is 4.72 Å². The number of rotatable bonds is 7. The molecule has 6 nitrogen and oxygen atoms in total. The molecular formula is C12H19N3O3S. The maximum Gasteiger partial charge on any atom is 0.242 e. The monoisotopic (exact) mass is 285 g/mol. The Morgan fingerprint density at radius 1 is 1.32 bits per heavy atom. The van der Waals surface area contributed by atoms with E-state index in [1.807, 2.05) is 0 Å². The van der Waals surface area contributed by atoms with Crippen LogP contribution in [0.1, 0.15) is 19.8 Å². The third kappa shape index (κ3) is 4.62. The lowest BCUT2D eigenvalue weighted by molar-refractivity contribution is -0.116. The van der Waals surface area contributed by atoms with E-state index in [0.29, 0.717) is 13.0 Å². The number of hydrogen-bond acceptors (Lipinski definition) is 4. The van der Waals surface area contributed by atoms with Crippen LogP contribution < -0.4 is 15.8 Å². The highest BCUT2D eigenvalue weighted by Gasteiger charge is 2.18. The number of para-hydroxylation sites is 1. The molecule has 1 rings (SSSR count). The summed E-state index contributed by atoms with van der Waals surface area (Å²) in [5, 5.41) is 2.60. The molecule has 106 valence electrons. The van der Waals surface area contributed by atoms with Crippen LogP contribution in [-0.4, -0.2) is 27.4 Å². The Morgan fingerprint density at radius 2 is 2.00 bits per heavy atom. The third-order valence-electron chi connectivity index (χ3n) is 2.39. The zero-order valence-corrected chi connectivity index (χ0v) is 11.7. The van der Waals surface area contributed by atoms with Gasteiger partial charge in [-0.2, -0.15) is 0 Å². The Bertz CT molecular complexity index is 529. The molecule has 0 aliphatic heterocycles. The molecule has 0 radical (unpaired) electrons. The summed E-state index contributed by atoms with van der Waals surface area (Å²) in [5.74, 6) is -0.246. The van der Waals surface area contributed by atoms with Crippen molar-refractivity contribution in [2.24, 2.45) is 5.73 Å². The average Bonchev–Trinajstić information content (AvgIpc) is 2.36. The molecule has 0 aliphatic carbocycles. The zero-order chi connectivity index (χ0) is 14.3. The fourth-order valence-electron chi connectivity index (χ4n) is 1.55. The highest BCUT2D eigenvalue weighted by atomic mass is 32.2. The van der Waals surface area contributed by atoms with E-state index < -0.39 is 10.0 Å². The lowest BCUT2D eigenvalue weighted by atomic mass is 10.2. The zero-order valence-electron chi connectivity index (χ0n) is 10.8. The van der Waals surface area contributed by atoms with E-state index in [-0.39, 0.29) is 29.5 Å². The molecule has 0 spiro atoms. The van der Waals surface area contributed by atoms with Gasteiger partial charge in [0.25, 0.3) is 0 Å². The highest BCUT2D eigenvalue weighted by Crippen LogP contribution is 2.20. The minimum Gasteiger partial charge on any atom is -0.330 e. The van der Waals surface area contributed by atoms with Crippen molar-refractivity contribution in [3.63, 3.8) is 0 Å². The molecule has 0 bridgehead atoms. The van der Waals surface area contributed by atoms with Gasteiger partial charge in [0, 0.05) is 13.0 Å². The molecule has 1 amide bonds. The van der Waals surface area contributed by atoms with Crippen LogP contribution in [0.25, 0.3) is 0 Å². The van der Waals surface area contributed by atoms with E-state index in [1.165, 1.54) is 6.07 Å². The first-order valence-corrected chi connectivity index (χ1v) is 7.58. The standard InChI is InChI=1S/C12H19N3O3S/c1-2-14-19(17,18)11-7-4-3-6-10(11)15-12(16)8-5-9-13/h3-4,6-7,14H,2,5,8-9,13H2,1H3,(H,15,16). The van der Waals surface area contributed by atoms with Crippen molar-refractivity contribution in [3.05, 3.63) is 24.3 Å². The fraction of sp³-hybridized carbons (Fsp3) is 0.417. The van der Waals surface area contributed by atoms with Gasteiger partial charge in [0.15, 0.2) is 0 Å². The molecule has 19 heavy (non-hydrogen) atoms. The van der Waals surface area contributed by atoms with E-state index in [2.05, 4.69) is 10.0 Å². The number of benzene rings is 1. The first-order valence-electron chi connectivity index (χ1n) is 6.10. The Labute approximate surface area is 113 Å². The van der Waals surface area contributed by atoms with E-state index in [1.54, 1.807) is 25.1 Å². The SMILES string of the molecule is CCNS(=O)(=O)c1ccccc1NC(=O)CCCN. The number of nitrogens with one attached hydrogen (secondary N) is 2. The van der Waals surface area contributed by atoms with Gasteiger partial charge in [0.2, 0.25) is 15.9 Å². The Kier molecular flexibility index (Phi) is 5.94. The van der Waals surface area contributed by atoms with Gasteiger partial charge in [-0.15, -0.1) is 0 Å². The summed E-state index contributed by atoms with van der Waals surface area (Å²) in [6, 6.07) is 6.30. The van der Waals surface area contributed by atoms with Gasteiger partial charge in [-0.1, -0.05) is 19.1 Å². The maximum atomic E-state index is 12.0. The highest BCUT2D eigenvalue weighted by molar-refractivity contribution is 7.89. The average molecular weight is 285 g/mol. The van der Waals surface area contributed by atoms with E-state index in [0.717, 1.165) is 0 Å². The predicted molar refractivity (Wildman–Crippen MR) is 74.2 cm³/mol. The molecule has 0 aromatic heterocycles. The number of sulfonamides is 1. The first kappa shape index (κ1) is 15.6. The molecule has 0 saturated heterocycles. The number of hydrogen-bond donors (Lipinski definition) is 3. The summed E-state index contributed by atoms with van der Waals surface area (Å²) in [7, 11) is -3.60. The summed E-state index contributed by atoms with van der Waals surface area (Å²) in [6.07, 6.45) is 0.833. The third-order valence-corrected chi connectivity index (χ3v) is 4.00. The van der Waals surface area contributed by atoms with Crippen molar-refractivity contribution < 1.29 is 13.2 Å². The lowest BCUT2D eigenvalue weighted by Crippen LogP contribution is -2.25. The lowest BCUT2D eigenvalue weighted by Gasteiger charge is -2.11. The van der Waals surface area contributed by atoms with Crippen LogP contribution in [0.4, 0.5) is 5.69 Å². The largest absolute Gasteiger partial charge is 0.330 e. The second-order valence-corrected chi connectivity index (χ2v) is 5.67. The molecule has 7 heteroatoms. The molecule has 1 aromatic rings. The van der Waals surface area contributed by atoms with Crippen molar-refractivity contribution in [2.75, 3.05) is 18.4 Å². The molecule has 0 unspecified atom stereocenters. The maximum absolute atomic E-state index is 12.0. The van der Waals surface area contributed by atoms with Crippen LogP contribution in [0, 0.1) is 0 Å². The van der Waals surface area contributed by atoms with Gasteiger partial charge in [-0.3, -0.25) is 4.79 Å². The summed E-state index contributed by atoms with van der Waals surface area (Å²) < 4.78 is 26.3. The van der Waals surface area contributed by atoms with E-state index in [9.17, 15) is 13.2 Å². The van der Waals surface area contributed by atoms with Crippen LogP contribution in [0.15, 0.2) is 29.2 Å². The fourth-order valence-corrected chi connectivity index (χ4v) is 2.75. The topological polar surface area (TPSA) is 101 Å². The number of anilines is 1. The van der Waals surface area contributed by atoms with Gasteiger partial charge in [-0.25, -0.2) is 13.1 Å². The molecule has 0 aliphatic rings. The second kappa shape index (κ2) is 7.22. The van der Waals surface area contributed by atoms with Crippen molar-refractivity contribution in [3.8, 4) is 0 Å². The van der Waals surface area contributed by atoms with Crippen molar-refractivity contribution in [1.29, 1.82) is 0 Å². The normalized spacial score (nSPS) is 11.3. The molecular weight excluding hydrogens is 266 g/mol. The Hall–Kier alpha value is -1.44. The summed E-state index contributed by atoms with van der Waals surface area (Å²) in [6.45, 7) is 2.41. The minimum atomic E-state index is -3.60. The molecule has 1 aromatic carbocycles. The van der Waals surface area contributed by atoms with Gasteiger partial charge >= 0.3 is 0 Å². The molecule has 4 N–H and O–H groups in total. The second-order valence-electron chi connectivity index (χ2n) is 3.94. The van der Waals surface area contributed by atoms with Crippen molar-refractivity contribution >= 4 is 21.6 Å². The van der Waals surface area contributed by atoms with Gasteiger partial charge in [-0.05, 0) is 25.1 Å². The Balaban J connectivity index is 2.94. The minimum absolute atomic E-state index is 0.0675. The van der Waals surface area contributed by atoms with Crippen LogP contribution in [0.5, 0.6) is 0 Å². The van der Waals surface area contributed by atoms with Crippen molar-refractivity contribution in [2.45, 2.75) is 24.7 Å².